The van der Waals surface area contributed by atoms with Crippen LogP contribution in [0.2, 0.25) is 5.02 Å². The number of nitrogens with one attached hydrogen (secondary N) is 1. The second-order valence-electron chi connectivity index (χ2n) is 10.6. The number of rotatable bonds is 12. The number of halogens is 1. The first kappa shape index (κ1) is 31.4. The van der Waals surface area contributed by atoms with Crippen molar-refractivity contribution < 1.29 is 22.7 Å². The van der Waals surface area contributed by atoms with Crippen molar-refractivity contribution in [1.29, 1.82) is 0 Å². The predicted octanol–water partition coefficient (Wildman–Crippen LogP) is 5.72. The lowest BCUT2D eigenvalue weighted by molar-refractivity contribution is -0.140. The number of benzene rings is 3. The van der Waals surface area contributed by atoms with Gasteiger partial charge >= 0.3 is 0 Å². The van der Waals surface area contributed by atoms with E-state index in [0.717, 1.165) is 41.1 Å². The number of nitrogens with zero attached hydrogens (tertiary/aromatic N) is 2. The van der Waals surface area contributed by atoms with Gasteiger partial charge in [-0.05, 0) is 62.1 Å². The zero-order valence-corrected chi connectivity index (χ0v) is 25.8. The van der Waals surface area contributed by atoms with Crippen LogP contribution >= 0.6 is 11.6 Å². The fourth-order valence-electron chi connectivity index (χ4n) is 5.27. The maximum Gasteiger partial charge on any atom is 0.264 e. The number of amides is 2. The molecule has 10 heteroatoms. The second kappa shape index (κ2) is 14.1. The van der Waals surface area contributed by atoms with Crippen LogP contribution in [0.4, 0.5) is 5.69 Å². The number of hydrogen-bond donors (Lipinski definition) is 1. The van der Waals surface area contributed by atoms with E-state index in [1.165, 1.54) is 30.2 Å². The number of carbonyl (C=O) groups is 2. The van der Waals surface area contributed by atoms with Crippen molar-refractivity contribution in [3.63, 3.8) is 0 Å². The molecule has 42 heavy (non-hydrogen) atoms. The highest BCUT2D eigenvalue weighted by Crippen LogP contribution is 2.35. The summed E-state index contributed by atoms with van der Waals surface area (Å²) in [4.78, 5) is 29.3. The number of hydrogen-bond acceptors (Lipinski definition) is 5. The molecule has 0 heterocycles. The minimum Gasteiger partial charge on any atom is -0.495 e. The molecule has 8 nitrogen and oxygen atoms in total. The molecule has 0 spiro atoms. The Labute approximate surface area is 253 Å². The van der Waals surface area contributed by atoms with Crippen LogP contribution in [0, 0.1) is 6.92 Å². The van der Waals surface area contributed by atoms with Crippen molar-refractivity contribution in [2.45, 2.75) is 69.5 Å². The summed E-state index contributed by atoms with van der Waals surface area (Å²) in [6.45, 7) is 3.41. The number of aryl methyl sites for hydroxylation is 1. The summed E-state index contributed by atoms with van der Waals surface area (Å²) in [6.07, 6.45) is 4.29. The Bertz CT molecular complexity index is 1480. The van der Waals surface area contributed by atoms with Gasteiger partial charge in [-0.3, -0.25) is 13.9 Å². The Hall–Kier alpha value is -3.56. The standard InChI is InChI=1S/C32H38ClN3O5S/c1-4-28(32(38)34-26-10-8-9-11-26)35(21-24-16-14-23(2)15-17-24)31(37)22-36(29-20-25(33)18-19-30(29)41-3)42(39,40)27-12-6-5-7-13-27/h5-7,12-20,26,28H,4,8-11,21-22H2,1-3H3,(H,34,38)/t28-/m0/s1. The molecule has 3 aromatic rings. The second-order valence-corrected chi connectivity index (χ2v) is 12.9. The van der Waals surface area contributed by atoms with E-state index >= 15 is 0 Å². The third kappa shape index (κ3) is 7.44. The smallest absolute Gasteiger partial charge is 0.264 e. The highest BCUT2D eigenvalue weighted by Gasteiger charge is 2.35. The van der Waals surface area contributed by atoms with Crippen LogP contribution < -0.4 is 14.4 Å². The first-order valence-corrected chi connectivity index (χ1v) is 16.0. The average Bonchev–Trinajstić information content (AvgIpc) is 3.50. The van der Waals surface area contributed by atoms with Crippen LogP contribution in [0.5, 0.6) is 5.75 Å². The summed E-state index contributed by atoms with van der Waals surface area (Å²) < 4.78 is 34.6. The highest BCUT2D eigenvalue weighted by atomic mass is 35.5. The van der Waals surface area contributed by atoms with Gasteiger partial charge in [0, 0.05) is 17.6 Å². The SMILES string of the molecule is CC[C@@H](C(=O)NC1CCCC1)N(Cc1ccc(C)cc1)C(=O)CN(c1cc(Cl)ccc1OC)S(=O)(=O)c1ccccc1. The summed E-state index contributed by atoms with van der Waals surface area (Å²) in [7, 11) is -2.81. The van der Waals surface area contributed by atoms with E-state index < -0.39 is 28.5 Å². The molecule has 0 aromatic heterocycles. The van der Waals surface area contributed by atoms with Gasteiger partial charge in [-0.15, -0.1) is 0 Å². The van der Waals surface area contributed by atoms with Gasteiger partial charge in [0.25, 0.3) is 10.0 Å². The van der Waals surface area contributed by atoms with Crippen LogP contribution in [0.1, 0.15) is 50.2 Å². The normalized spacial score (nSPS) is 14.3. The summed E-state index contributed by atoms with van der Waals surface area (Å²) in [5, 5.41) is 3.41. The van der Waals surface area contributed by atoms with Crippen molar-refractivity contribution in [1.82, 2.24) is 10.2 Å². The van der Waals surface area contributed by atoms with Gasteiger partial charge in [0.05, 0.1) is 17.7 Å². The topological polar surface area (TPSA) is 96.0 Å². The van der Waals surface area contributed by atoms with E-state index in [4.69, 9.17) is 16.3 Å². The monoisotopic (exact) mass is 611 g/mol. The van der Waals surface area contributed by atoms with E-state index in [-0.39, 0.29) is 39.8 Å². The number of carbonyl (C=O) groups excluding carboxylic acids is 2. The maximum absolute atomic E-state index is 14.3. The zero-order valence-electron chi connectivity index (χ0n) is 24.3. The molecule has 1 aliphatic rings. The highest BCUT2D eigenvalue weighted by molar-refractivity contribution is 7.92. The molecule has 1 N–H and O–H groups in total. The lowest BCUT2D eigenvalue weighted by Crippen LogP contribution is -2.53. The van der Waals surface area contributed by atoms with Gasteiger partial charge in [-0.2, -0.15) is 0 Å². The summed E-state index contributed by atoms with van der Waals surface area (Å²) in [5.41, 5.74) is 2.02. The van der Waals surface area contributed by atoms with Crippen molar-refractivity contribution in [3.05, 3.63) is 88.9 Å². The average molecular weight is 612 g/mol. The van der Waals surface area contributed by atoms with Crippen LogP contribution in [0.25, 0.3) is 0 Å². The van der Waals surface area contributed by atoms with Gasteiger partial charge in [0.2, 0.25) is 11.8 Å². The molecular formula is C32H38ClN3O5S. The Morgan fingerprint density at radius 1 is 1.02 bits per heavy atom. The van der Waals surface area contributed by atoms with Gasteiger partial charge in [0.1, 0.15) is 18.3 Å². The maximum atomic E-state index is 14.3. The Kier molecular flexibility index (Phi) is 10.5. The van der Waals surface area contributed by atoms with Gasteiger partial charge in [-0.25, -0.2) is 8.42 Å². The largest absolute Gasteiger partial charge is 0.495 e. The van der Waals surface area contributed by atoms with E-state index in [1.807, 2.05) is 38.1 Å². The van der Waals surface area contributed by atoms with E-state index in [9.17, 15) is 18.0 Å². The van der Waals surface area contributed by atoms with Crippen LogP contribution in [0.15, 0.2) is 77.7 Å². The Morgan fingerprint density at radius 2 is 1.69 bits per heavy atom. The lowest BCUT2D eigenvalue weighted by Gasteiger charge is -2.34. The molecule has 0 unspecified atom stereocenters. The molecule has 224 valence electrons. The molecule has 0 radical (unpaired) electrons. The van der Waals surface area contributed by atoms with E-state index in [2.05, 4.69) is 5.32 Å². The van der Waals surface area contributed by atoms with Gasteiger partial charge < -0.3 is 15.0 Å². The Morgan fingerprint density at radius 3 is 2.31 bits per heavy atom. The summed E-state index contributed by atoms with van der Waals surface area (Å²) in [5.74, 6) is -0.518. The third-order valence-electron chi connectivity index (χ3n) is 7.58. The first-order chi connectivity index (χ1) is 20.1. The van der Waals surface area contributed by atoms with Crippen molar-refractivity contribution in [2.24, 2.45) is 0 Å². The van der Waals surface area contributed by atoms with Crippen LogP contribution in [0.3, 0.4) is 0 Å². The fraction of sp³-hybridized carbons (Fsp3) is 0.375. The van der Waals surface area contributed by atoms with E-state index in [1.54, 1.807) is 30.3 Å². The molecular weight excluding hydrogens is 574 g/mol. The molecule has 3 aromatic carbocycles. The minimum atomic E-state index is -4.24. The molecule has 0 aliphatic heterocycles. The number of sulfonamides is 1. The molecule has 1 fully saturated rings. The molecule has 2 amide bonds. The van der Waals surface area contributed by atoms with Crippen LogP contribution in [-0.2, 0) is 26.2 Å². The summed E-state index contributed by atoms with van der Waals surface area (Å²) >= 11 is 6.30. The Balaban J connectivity index is 1.75. The molecule has 4 rings (SSSR count). The quantitative estimate of drug-likeness (QED) is 0.283. The molecule has 1 saturated carbocycles. The summed E-state index contributed by atoms with van der Waals surface area (Å²) in [6, 6.07) is 19.5. The number of methoxy groups -OCH3 is 1. The third-order valence-corrected chi connectivity index (χ3v) is 9.59. The van der Waals surface area contributed by atoms with Crippen molar-refractivity contribution in [3.8, 4) is 5.75 Å². The van der Waals surface area contributed by atoms with Crippen molar-refractivity contribution in [2.75, 3.05) is 18.0 Å². The van der Waals surface area contributed by atoms with E-state index in [0.29, 0.717) is 6.42 Å². The molecule has 0 bridgehead atoms. The first-order valence-electron chi connectivity index (χ1n) is 14.2. The predicted molar refractivity (Wildman–Crippen MR) is 165 cm³/mol. The molecule has 0 saturated heterocycles. The lowest BCUT2D eigenvalue weighted by atomic mass is 10.1. The molecule has 1 atom stereocenters. The van der Waals surface area contributed by atoms with Gasteiger partial charge in [0.15, 0.2) is 0 Å². The molecule has 1 aliphatic carbocycles. The zero-order chi connectivity index (χ0) is 30.3. The fourth-order valence-corrected chi connectivity index (χ4v) is 6.87. The number of anilines is 1. The van der Waals surface area contributed by atoms with Gasteiger partial charge in [-0.1, -0.05) is 79.4 Å². The minimum absolute atomic E-state index is 0.0101. The van der Waals surface area contributed by atoms with Crippen LogP contribution in [-0.4, -0.2) is 50.9 Å². The van der Waals surface area contributed by atoms with Crippen molar-refractivity contribution >= 4 is 39.1 Å². The number of ether oxygens (including phenoxy) is 1.